The number of hydrogen-bond acceptors (Lipinski definition) is 5. The van der Waals surface area contributed by atoms with E-state index in [9.17, 15) is 4.79 Å². The summed E-state index contributed by atoms with van der Waals surface area (Å²) >= 11 is 0. The van der Waals surface area contributed by atoms with E-state index in [-0.39, 0.29) is 6.03 Å². The van der Waals surface area contributed by atoms with Crippen molar-refractivity contribution >= 4 is 17.5 Å². The molecule has 0 aliphatic carbocycles. The van der Waals surface area contributed by atoms with Gasteiger partial charge in [0.25, 0.3) is 0 Å². The molecular weight excluding hydrogens is 412 g/mol. The Morgan fingerprint density at radius 2 is 1.85 bits per heavy atom. The van der Waals surface area contributed by atoms with Crippen LogP contribution in [0.3, 0.4) is 0 Å². The van der Waals surface area contributed by atoms with E-state index in [0.717, 1.165) is 42.3 Å². The standard InChI is InChI=1S/C26H28N6O/c1-19-24(17-21-8-4-3-5-9-21)25(29-20(2)28-19)31-12-7-13-32(15-14-31)26(33)30-23-11-6-10-22(16-23)18-27/h3-6,8-11,16H,7,12-15,17H2,1-2H3,(H,30,33). The van der Waals surface area contributed by atoms with Gasteiger partial charge in [0.1, 0.15) is 11.6 Å². The highest BCUT2D eigenvalue weighted by atomic mass is 16.2. The molecule has 2 amide bonds. The minimum Gasteiger partial charge on any atom is -0.354 e. The van der Waals surface area contributed by atoms with Crippen molar-refractivity contribution < 1.29 is 4.79 Å². The molecule has 7 nitrogen and oxygen atoms in total. The quantitative estimate of drug-likeness (QED) is 0.654. The number of urea groups is 1. The lowest BCUT2D eigenvalue weighted by Gasteiger charge is -2.26. The van der Waals surface area contributed by atoms with Crippen molar-refractivity contribution in [2.75, 3.05) is 36.4 Å². The Morgan fingerprint density at radius 1 is 1.03 bits per heavy atom. The fraction of sp³-hybridized carbons (Fsp3) is 0.308. The number of nitrogens with zero attached hydrogens (tertiary/aromatic N) is 5. The maximum Gasteiger partial charge on any atom is 0.321 e. The van der Waals surface area contributed by atoms with Crippen molar-refractivity contribution in [1.29, 1.82) is 5.26 Å². The number of carbonyl (C=O) groups excluding carboxylic acids is 1. The second-order valence-corrected chi connectivity index (χ2v) is 8.27. The van der Waals surface area contributed by atoms with Gasteiger partial charge in [0.05, 0.1) is 11.6 Å². The van der Waals surface area contributed by atoms with Gasteiger partial charge in [-0.15, -0.1) is 0 Å². The SMILES string of the molecule is Cc1nc(C)c(Cc2ccccc2)c(N2CCCN(C(=O)Nc3cccc(C#N)c3)CC2)n1. The van der Waals surface area contributed by atoms with Crippen LogP contribution >= 0.6 is 0 Å². The van der Waals surface area contributed by atoms with Crippen molar-refractivity contribution in [3.8, 4) is 6.07 Å². The largest absolute Gasteiger partial charge is 0.354 e. The van der Waals surface area contributed by atoms with E-state index < -0.39 is 0 Å². The summed E-state index contributed by atoms with van der Waals surface area (Å²) in [5, 5.41) is 12.0. The number of carbonyl (C=O) groups is 1. The first-order chi connectivity index (χ1) is 16.0. The molecule has 168 valence electrons. The third-order valence-corrected chi connectivity index (χ3v) is 5.85. The van der Waals surface area contributed by atoms with Crippen LogP contribution in [0, 0.1) is 25.2 Å². The second-order valence-electron chi connectivity index (χ2n) is 8.27. The smallest absolute Gasteiger partial charge is 0.321 e. The average molecular weight is 441 g/mol. The highest BCUT2D eigenvalue weighted by molar-refractivity contribution is 5.89. The average Bonchev–Trinajstić information content (AvgIpc) is 3.08. The van der Waals surface area contributed by atoms with Gasteiger partial charge < -0.3 is 15.1 Å². The predicted molar refractivity (Wildman–Crippen MR) is 129 cm³/mol. The minimum atomic E-state index is -0.147. The zero-order valence-corrected chi connectivity index (χ0v) is 19.1. The molecule has 0 bridgehead atoms. The number of amides is 2. The van der Waals surface area contributed by atoms with Crippen LogP contribution in [0.25, 0.3) is 0 Å². The molecule has 1 fully saturated rings. The van der Waals surface area contributed by atoms with Gasteiger partial charge in [-0.25, -0.2) is 14.8 Å². The minimum absolute atomic E-state index is 0.147. The Balaban J connectivity index is 1.49. The molecule has 4 rings (SSSR count). The van der Waals surface area contributed by atoms with Gasteiger partial charge in [-0.1, -0.05) is 36.4 Å². The highest BCUT2D eigenvalue weighted by Crippen LogP contribution is 2.25. The van der Waals surface area contributed by atoms with Gasteiger partial charge in [-0.2, -0.15) is 5.26 Å². The van der Waals surface area contributed by atoms with Gasteiger partial charge >= 0.3 is 6.03 Å². The Bertz CT molecular complexity index is 1170. The maximum atomic E-state index is 12.9. The second kappa shape index (κ2) is 10.1. The summed E-state index contributed by atoms with van der Waals surface area (Å²) in [6.45, 7) is 6.75. The molecular formula is C26H28N6O. The number of nitrogens with one attached hydrogen (secondary N) is 1. The van der Waals surface area contributed by atoms with Crippen LogP contribution in [0.5, 0.6) is 0 Å². The maximum absolute atomic E-state index is 12.9. The number of rotatable bonds is 4. The molecule has 2 aromatic carbocycles. The number of aryl methyl sites for hydroxylation is 2. The molecule has 7 heteroatoms. The summed E-state index contributed by atoms with van der Waals surface area (Å²) in [7, 11) is 0. The fourth-order valence-corrected chi connectivity index (χ4v) is 4.19. The topological polar surface area (TPSA) is 85.2 Å². The van der Waals surface area contributed by atoms with E-state index in [1.165, 1.54) is 5.56 Å². The van der Waals surface area contributed by atoms with E-state index in [4.69, 9.17) is 10.2 Å². The zero-order valence-electron chi connectivity index (χ0n) is 19.1. The van der Waals surface area contributed by atoms with Crippen LogP contribution in [0.1, 0.15) is 34.6 Å². The summed E-state index contributed by atoms with van der Waals surface area (Å²) in [6.07, 6.45) is 1.62. The summed E-state index contributed by atoms with van der Waals surface area (Å²) < 4.78 is 0. The van der Waals surface area contributed by atoms with Crippen LogP contribution in [0.4, 0.5) is 16.3 Å². The Morgan fingerprint density at radius 3 is 2.64 bits per heavy atom. The van der Waals surface area contributed by atoms with Crippen molar-refractivity contribution in [1.82, 2.24) is 14.9 Å². The first-order valence-corrected chi connectivity index (χ1v) is 11.2. The Hall–Kier alpha value is -3.92. The first kappa shape index (κ1) is 22.3. The van der Waals surface area contributed by atoms with E-state index in [1.54, 1.807) is 24.3 Å². The lowest BCUT2D eigenvalue weighted by Crippen LogP contribution is -2.38. The van der Waals surface area contributed by atoms with Crippen molar-refractivity contribution in [2.45, 2.75) is 26.7 Å². The number of hydrogen-bond donors (Lipinski definition) is 1. The molecule has 0 spiro atoms. The van der Waals surface area contributed by atoms with Crippen LogP contribution < -0.4 is 10.2 Å². The highest BCUT2D eigenvalue weighted by Gasteiger charge is 2.23. The van der Waals surface area contributed by atoms with Crippen molar-refractivity contribution in [3.05, 3.63) is 82.8 Å². The number of benzene rings is 2. The molecule has 0 unspecified atom stereocenters. The fourth-order valence-electron chi connectivity index (χ4n) is 4.19. The molecule has 3 aromatic rings. The van der Waals surface area contributed by atoms with Crippen molar-refractivity contribution in [3.63, 3.8) is 0 Å². The van der Waals surface area contributed by atoms with Crippen LogP contribution in [0.15, 0.2) is 54.6 Å². The summed E-state index contributed by atoms with van der Waals surface area (Å²) in [6, 6.07) is 19.3. The summed E-state index contributed by atoms with van der Waals surface area (Å²) in [4.78, 5) is 26.4. The molecule has 1 aliphatic heterocycles. The number of aromatic nitrogens is 2. The molecule has 0 radical (unpaired) electrons. The van der Waals surface area contributed by atoms with Crippen LogP contribution in [-0.4, -0.2) is 47.1 Å². The molecule has 0 saturated carbocycles. The monoisotopic (exact) mass is 440 g/mol. The zero-order chi connectivity index (χ0) is 23.2. The Kier molecular flexibility index (Phi) is 6.84. The van der Waals surface area contributed by atoms with Crippen molar-refractivity contribution in [2.24, 2.45) is 0 Å². The Labute approximate surface area is 194 Å². The molecule has 1 aliphatic rings. The molecule has 0 atom stereocenters. The molecule has 1 saturated heterocycles. The van der Waals surface area contributed by atoms with Gasteiger partial charge in [-0.05, 0) is 44.0 Å². The van der Waals surface area contributed by atoms with Gasteiger partial charge in [0.2, 0.25) is 0 Å². The van der Waals surface area contributed by atoms with E-state index in [2.05, 4.69) is 33.4 Å². The number of anilines is 2. The lowest BCUT2D eigenvalue weighted by molar-refractivity contribution is 0.215. The number of nitriles is 1. The predicted octanol–water partition coefficient (Wildman–Crippen LogP) is 4.30. The third-order valence-electron chi connectivity index (χ3n) is 5.85. The molecule has 33 heavy (non-hydrogen) atoms. The van der Waals surface area contributed by atoms with Gasteiger partial charge in [-0.3, -0.25) is 0 Å². The first-order valence-electron chi connectivity index (χ1n) is 11.2. The lowest BCUT2D eigenvalue weighted by atomic mass is 10.0. The van der Waals surface area contributed by atoms with Crippen LogP contribution in [-0.2, 0) is 6.42 Å². The van der Waals surface area contributed by atoms with Crippen LogP contribution in [0.2, 0.25) is 0 Å². The molecule has 1 aromatic heterocycles. The van der Waals surface area contributed by atoms with E-state index in [0.29, 0.717) is 30.9 Å². The van der Waals surface area contributed by atoms with E-state index in [1.807, 2.05) is 36.9 Å². The van der Waals surface area contributed by atoms with Gasteiger partial charge in [0, 0.05) is 49.5 Å². The third kappa shape index (κ3) is 5.47. The molecule has 2 heterocycles. The molecule has 1 N–H and O–H groups in total. The summed E-state index contributed by atoms with van der Waals surface area (Å²) in [5.41, 5.74) is 4.52. The normalized spacial score (nSPS) is 13.8. The van der Waals surface area contributed by atoms with E-state index >= 15 is 0 Å². The summed E-state index contributed by atoms with van der Waals surface area (Å²) in [5.74, 6) is 1.73. The van der Waals surface area contributed by atoms with Gasteiger partial charge in [0.15, 0.2) is 0 Å².